The van der Waals surface area contributed by atoms with Gasteiger partial charge in [-0.25, -0.2) is 0 Å². The number of hydrogen-bond acceptors (Lipinski definition) is 5. The Bertz CT molecular complexity index is 823. The van der Waals surface area contributed by atoms with Crippen LogP contribution in [0.15, 0.2) is 47.3 Å². The van der Waals surface area contributed by atoms with Crippen LogP contribution in [0, 0.1) is 0 Å². The van der Waals surface area contributed by atoms with E-state index in [1.54, 1.807) is 18.7 Å². The summed E-state index contributed by atoms with van der Waals surface area (Å²) in [7, 11) is 3.55. The molecule has 6 heteroatoms. The van der Waals surface area contributed by atoms with Crippen molar-refractivity contribution < 1.29 is 0 Å². The number of rotatable bonds is 3. The predicted molar refractivity (Wildman–Crippen MR) is 85.6 cm³/mol. The van der Waals surface area contributed by atoms with Crippen LogP contribution in [-0.4, -0.2) is 21.8 Å². The van der Waals surface area contributed by atoms with E-state index >= 15 is 0 Å². The molecular formula is C15H14N4OS. The van der Waals surface area contributed by atoms with Crippen molar-refractivity contribution in [2.75, 3.05) is 12.4 Å². The van der Waals surface area contributed by atoms with Gasteiger partial charge in [0.05, 0.1) is 11.3 Å². The molecule has 1 N–H and O–H groups in total. The second kappa shape index (κ2) is 5.49. The molecule has 0 atom stereocenters. The topological polar surface area (TPSA) is 59.8 Å². The quantitative estimate of drug-likeness (QED) is 0.807. The first kappa shape index (κ1) is 13.5. The highest BCUT2D eigenvalue weighted by Crippen LogP contribution is 2.25. The van der Waals surface area contributed by atoms with Gasteiger partial charge in [0, 0.05) is 14.1 Å². The van der Waals surface area contributed by atoms with Gasteiger partial charge in [0.2, 0.25) is 5.13 Å². The van der Waals surface area contributed by atoms with Crippen LogP contribution in [0.1, 0.15) is 0 Å². The van der Waals surface area contributed by atoms with Crippen molar-refractivity contribution >= 4 is 16.5 Å². The number of pyridine rings is 1. The second-order valence-electron chi connectivity index (χ2n) is 4.52. The molecule has 106 valence electrons. The van der Waals surface area contributed by atoms with E-state index in [9.17, 15) is 4.79 Å². The van der Waals surface area contributed by atoms with Crippen LogP contribution < -0.4 is 10.9 Å². The Kier molecular flexibility index (Phi) is 3.53. The zero-order chi connectivity index (χ0) is 14.8. The van der Waals surface area contributed by atoms with Crippen molar-refractivity contribution in [3.8, 4) is 21.8 Å². The number of benzene rings is 1. The minimum atomic E-state index is -0.0739. The molecule has 5 nitrogen and oxygen atoms in total. The van der Waals surface area contributed by atoms with Crippen molar-refractivity contribution in [3.05, 3.63) is 52.8 Å². The van der Waals surface area contributed by atoms with Gasteiger partial charge < -0.3 is 9.88 Å². The average molecular weight is 298 g/mol. The third-order valence-corrected chi connectivity index (χ3v) is 4.22. The van der Waals surface area contributed by atoms with Crippen molar-refractivity contribution in [1.82, 2.24) is 14.8 Å². The number of hydrogen-bond donors (Lipinski definition) is 1. The molecule has 3 rings (SSSR count). The molecule has 0 bridgehead atoms. The van der Waals surface area contributed by atoms with Gasteiger partial charge in [0.15, 0.2) is 5.01 Å². The summed E-state index contributed by atoms with van der Waals surface area (Å²) in [5.74, 6) is 0. The summed E-state index contributed by atoms with van der Waals surface area (Å²) < 4.78 is 1.64. The summed E-state index contributed by atoms with van der Waals surface area (Å²) >= 11 is 1.36. The zero-order valence-electron chi connectivity index (χ0n) is 11.7. The fourth-order valence-electron chi connectivity index (χ4n) is 2.13. The maximum Gasteiger partial charge on any atom is 0.261 e. The molecule has 2 aromatic heterocycles. The maximum atomic E-state index is 12.5. The van der Waals surface area contributed by atoms with Gasteiger partial charge in [-0.3, -0.25) is 4.79 Å². The van der Waals surface area contributed by atoms with Gasteiger partial charge in [0.25, 0.3) is 5.56 Å². The van der Waals surface area contributed by atoms with Crippen LogP contribution in [0.2, 0.25) is 0 Å². The standard InChI is InChI=1S/C15H14N4OS/c1-16-15-18-17-13(21-15)11-8-9-12(19(2)14(11)20)10-6-4-3-5-7-10/h3-9H,1-2H3,(H,16,18). The minimum Gasteiger partial charge on any atom is -0.363 e. The molecule has 0 aliphatic rings. The molecule has 0 aliphatic carbocycles. The molecule has 0 fully saturated rings. The summed E-state index contributed by atoms with van der Waals surface area (Å²) in [4.78, 5) is 12.5. The fourth-order valence-corrected chi connectivity index (χ4v) is 2.84. The number of nitrogens with one attached hydrogen (secondary N) is 1. The monoisotopic (exact) mass is 298 g/mol. The molecule has 3 aromatic rings. The van der Waals surface area contributed by atoms with Crippen LogP contribution in [-0.2, 0) is 7.05 Å². The maximum absolute atomic E-state index is 12.5. The molecule has 0 unspecified atom stereocenters. The van der Waals surface area contributed by atoms with E-state index in [2.05, 4.69) is 15.5 Å². The zero-order valence-corrected chi connectivity index (χ0v) is 12.5. The van der Waals surface area contributed by atoms with Crippen LogP contribution in [0.3, 0.4) is 0 Å². The smallest absolute Gasteiger partial charge is 0.261 e. The first-order chi connectivity index (χ1) is 10.2. The summed E-state index contributed by atoms with van der Waals surface area (Å²) in [6, 6.07) is 13.6. The minimum absolute atomic E-state index is 0.0739. The molecule has 0 aliphatic heterocycles. The highest BCUT2D eigenvalue weighted by Gasteiger charge is 2.13. The van der Waals surface area contributed by atoms with Crippen molar-refractivity contribution in [2.45, 2.75) is 0 Å². The van der Waals surface area contributed by atoms with Gasteiger partial charge in [-0.1, -0.05) is 41.7 Å². The van der Waals surface area contributed by atoms with E-state index in [1.165, 1.54) is 11.3 Å². The highest BCUT2D eigenvalue weighted by molar-refractivity contribution is 7.18. The Hall–Kier alpha value is -2.47. The molecule has 0 saturated carbocycles. The normalized spacial score (nSPS) is 10.6. The third-order valence-electron chi connectivity index (χ3n) is 3.24. The van der Waals surface area contributed by atoms with Crippen LogP contribution in [0.4, 0.5) is 5.13 Å². The molecule has 0 spiro atoms. The summed E-state index contributed by atoms with van der Waals surface area (Å²) in [6.45, 7) is 0. The van der Waals surface area contributed by atoms with Crippen molar-refractivity contribution in [3.63, 3.8) is 0 Å². The van der Waals surface area contributed by atoms with E-state index in [0.29, 0.717) is 15.7 Å². The molecule has 2 heterocycles. The largest absolute Gasteiger partial charge is 0.363 e. The Morgan fingerprint density at radius 3 is 2.52 bits per heavy atom. The highest BCUT2D eigenvalue weighted by atomic mass is 32.1. The van der Waals surface area contributed by atoms with Gasteiger partial charge in [-0.2, -0.15) is 0 Å². The van der Waals surface area contributed by atoms with Crippen molar-refractivity contribution in [1.29, 1.82) is 0 Å². The van der Waals surface area contributed by atoms with Crippen LogP contribution in [0.25, 0.3) is 21.8 Å². The Balaban J connectivity index is 2.11. The molecule has 1 aromatic carbocycles. The molecule has 21 heavy (non-hydrogen) atoms. The van der Waals surface area contributed by atoms with E-state index in [0.717, 1.165) is 11.3 Å². The Morgan fingerprint density at radius 2 is 1.86 bits per heavy atom. The van der Waals surface area contributed by atoms with Gasteiger partial charge in [-0.15, -0.1) is 10.2 Å². The second-order valence-corrected chi connectivity index (χ2v) is 5.50. The summed E-state index contributed by atoms with van der Waals surface area (Å²) in [5, 5.41) is 12.3. The average Bonchev–Trinajstić information content (AvgIpc) is 2.99. The SMILES string of the molecule is CNc1nnc(-c2ccc(-c3ccccc3)n(C)c2=O)s1. The fraction of sp³-hybridized carbons (Fsp3) is 0.133. The first-order valence-corrected chi connectivity index (χ1v) is 7.29. The van der Waals surface area contributed by atoms with E-state index in [4.69, 9.17) is 0 Å². The summed E-state index contributed by atoms with van der Waals surface area (Å²) in [5.41, 5.74) is 2.38. The molecular weight excluding hydrogens is 284 g/mol. The van der Waals surface area contributed by atoms with Gasteiger partial charge in [-0.05, 0) is 17.7 Å². The van der Waals surface area contributed by atoms with Gasteiger partial charge >= 0.3 is 0 Å². The number of anilines is 1. The molecule has 0 saturated heterocycles. The Labute approximate surface area is 125 Å². The summed E-state index contributed by atoms with van der Waals surface area (Å²) in [6.07, 6.45) is 0. The number of aromatic nitrogens is 3. The van der Waals surface area contributed by atoms with Gasteiger partial charge in [0.1, 0.15) is 0 Å². The molecule has 0 radical (unpaired) electrons. The van der Waals surface area contributed by atoms with Crippen molar-refractivity contribution in [2.24, 2.45) is 7.05 Å². The lowest BCUT2D eigenvalue weighted by molar-refractivity contribution is 0.872. The predicted octanol–water partition coefficient (Wildman–Crippen LogP) is 2.61. The Morgan fingerprint density at radius 1 is 1.10 bits per heavy atom. The van der Waals surface area contributed by atoms with E-state index in [-0.39, 0.29) is 5.56 Å². The lowest BCUT2D eigenvalue weighted by atomic mass is 10.1. The third kappa shape index (κ3) is 2.45. The van der Waals surface area contributed by atoms with Crippen LogP contribution >= 0.6 is 11.3 Å². The lowest BCUT2D eigenvalue weighted by Gasteiger charge is -2.09. The number of nitrogens with zero attached hydrogens (tertiary/aromatic N) is 3. The van der Waals surface area contributed by atoms with E-state index < -0.39 is 0 Å². The van der Waals surface area contributed by atoms with Crippen LogP contribution in [0.5, 0.6) is 0 Å². The van der Waals surface area contributed by atoms with E-state index in [1.807, 2.05) is 42.5 Å². The lowest BCUT2D eigenvalue weighted by Crippen LogP contribution is -2.19. The first-order valence-electron chi connectivity index (χ1n) is 6.48. The molecule has 0 amide bonds.